The van der Waals surface area contributed by atoms with Gasteiger partial charge in [-0.25, -0.2) is 4.99 Å². The van der Waals surface area contributed by atoms with Crippen LogP contribution in [-0.4, -0.2) is 25.7 Å². The van der Waals surface area contributed by atoms with Crippen LogP contribution in [0.2, 0.25) is 0 Å². The van der Waals surface area contributed by atoms with Crippen molar-refractivity contribution in [1.29, 1.82) is 0 Å². The molecule has 0 unspecified atom stereocenters. The zero-order valence-electron chi connectivity index (χ0n) is 13.2. The van der Waals surface area contributed by atoms with Crippen LogP contribution >= 0.6 is 0 Å². The number of hydrogen-bond acceptors (Lipinski definition) is 2. The van der Waals surface area contributed by atoms with Crippen LogP contribution in [0.25, 0.3) is 0 Å². The topological polar surface area (TPSA) is 45.6 Å². The molecule has 0 bridgehead atoms. The van der Waals surface area contributed by atoms with E-state index < -0.39 is 0 Å². The molecule has 0 aliphatic rings. The normalized spacial score (nSPS) is 11.0. The molecule has 0 aromatic heterocycles. The Balaban J connectivity index is 2.67. The van der Waals surface area contributed by atoms with E-state index in [1.165, 1.54) is 6.42 Å². The highest BCUT2D eigenvalue weighted by molar-refractivity contribution is 5.79. The van der Waals surface area contributed by atoms with Crippen LogP contribution in [0.4, 0.5) is 0 Å². The highest BCUT2D eigenvalue weighted by Gasteiger charge is 2.02. The molecule has 0 radical (unpaired) electrons. The Bertz CT molecular complexity index is 443. The molecule has 116 valence electrons. The number of nitrogens with one attached hydrogen (secondary N) is 2. The number of guanidine groups is 1. The van der Waals surface area contributed by atoms with E-state index in [1.807, 2.05) is 24.3 Å². The van der Waals surface area contributed by atoms with Gasteiger partial charge in [-0.1, -0.05) is 44.2 Å². The van der Waals surface area contributed by atoms with Gasteiger partial charge in [-0.3, -0.25) is 0 Å². The molecule has 0 heterocycles. The van der Waals surface area contributed by atoms with Crippen molar-refractivity contribution in [1.82, 2.24) is 10.6 Å². The molecule has 2 N–H and O–H groups in total. The molecule has 21 heavy (non-hydrogen) atoms. The van der Waals surface area contributed by atoms with E-state index in [9.17, 15) is 0 Å². The van der Waals surface area contributed by atoms with Crippen molar-refractivity contribution < 1.29 is 4.74 Å². The summed E-state index contributed by atoms with van der Waals surface area (Å²) in [5.74, 6) is 1.72. The molecule has 0 fully saturated rings. The SMILES string of the molecule is C=CCOc1ccccc1CN=C(NCC)NCCCC. The van der Waals surface area contributed by atoms with Crippen molar-refractivity contribution >= 4 is 5.96 Å². The van der Waals surface area contributed by atoms with Gasteiger partial charge in [0.2, 0.25) is 0 Å². The fourth-order valence-corrected chi connectivity index (χ4v) is 1.81. The second kappa shape index (κ2) is 10.8. The average molecular weight is 289 g/mol. The number of rotatable bonds is 9. The Morgan fingerprint density at radius 2 is 2.10 bits per heavy atom. The Kier molecular flexibility index (Phi) is 8.76. The van der Waals surface area contributed by atoms with Gasteiger partial charge in [0.25, 0.3) is 0 Å². The first-order chi connectivity index (χ1) is 10.3. The second-order valence-electron chi connectivity index (χ2n) is 4.68. The maximum Gasteiger partial charge on any atom is 0.191 e. The highest BCUT2D eigenvalue weighted by atomic mass is 16.5. The van der Waals surface area contributed by atoms with Crippen LogP contribution in [0.3, 0.4) is 0 Å². The van der Waals surface area contributed by atoms with Gasteiger partial charge in [0.05, 0.1) is 6.54 Å². The smallest absolute Gasteiger partial charge is 0.191 e. The molecule has 0 saturated heterocycles. The summed E-state index contributed by atoms with van der Waals surface area (Å²) >= 11 is 0. The van der Waals surface area contributed by atoms with Gasteiger partial charge < -0.3 is 15.4 Å². The van der Waals surface area contributed by atoms with Crippen LogP contribution in [0.15, 0.2) is 41.9 Å². The van der Waals surface area contributed by atoms with E-state index in [1.54, 1.807) is 6.08 Å². The lowest BCUT2D eigenvalue weighted by atomic mass is 10.2. The van der Waals surface area contributed by atoms with Crippen molar-refractivity contribution in [2.75, 3.05) is 19.7 Å². The van der Waals surface area contributed by atoms with E-state index in [4.69, 9.17) is 4.74 Å². The van der Waals surface area contributed by atoms with Gasteiger partial charge in [0.15, 0.2) is 5.96 Å². The number of nitrogens with zero attached hydrogens (tertiary/aromatic N) is 1. The molecule has 0 atom stereocenters. The predicted molar refractivity (Wildman–Crippen MR) is 89.9 cm³/mol. The Morgan fingerprint density at radius 3 is 2.81 bits per heavy atom. The molecule has 0 spiro atoms. The zero-order valence-corrected chi connectivity index (χ0v) is 13.2. The van der Waals surface area contributed by atoms with Crippen molar-refractivity contribution in [2.24, 2.45) is 4.99 Å². The van der Waals surface area contributed by atoms with Gasteiger partial charge in [-0.2, -0.15) is 0 Å². The average Bonchev–Trinajstić information content (AvgIpc) is 2.51. The number of unbranched alkanes of at least 4 members (excludes halogenated alkanes) is 1. The molecule has 0 saturated carbocycles. The molecule has 0 aliphatic heterocycles. The van der Waals surface area contributed by atoms with Crippen LogP contribution in [0.5, 0.6) is 5.75 Å². The van der Waals surface area contributed by atoms with E-state index in [0.717, 1.165) is 36.8 Å². The maximum atomic E-state index is 5.65. The molecular weight excluding hydrogens is 262 g/mol. The first-order valence-electron chi connectivity index (χ1n) is 7.65. The summed E-state index contributed by atoms with van der Waals surface area (Å²) in [6, 6.07) is 7.97. The largest absolute Gasteiger partial charge is 0.489 e. The predicted octanol–water partition coefficient (Wildman–Crippen LogP) is 3.11. The van der Waals surface area contributed by atoms with Gasteiger partial charge in [-0.15, -0.1) is 0 Å². The second-order valence-corrected chi connectivity index (χ2v) is 4.68. The molecule has 1 aromatic carbocycles. The summed E-state index contributed by atoms with van der Waals surface area (Å²) in [5, 5.41) is 6.59. The first-order valence-corrected chi connectivity index (χ1v) is 7.65. The van der Waals surface area contributed by atoms with Crippen LogP contribution < -0.4 is 15.4 Å². The lowest BCUT2D eigenvalue weighted by Crippen LogP contribution is -2.37. The van der Waals surface area contributed by atoms with E-state index in [-0.39, 0.29) is 0 Å². The van der Waals surface area contributed by atoms with Crippen LogP contribution in [0.1, 0.15) is 32.3 Å². The fraction of sp³-hybridized carbons (Fsp3) is 0.471. The third kappa shape index (κ3) is 6.84. The Labute approximate surface area is 128 Å². The zero-order chi connectivity index (χ0) is 15.3. The fourth-order valence-electron chi connectivity index (χ4n) is 1.81. The minimum atomic E-state index is 0.509. The molecule has 0 amide bonds. The number of aliphatic imine (C=N–C) groups is 1. The van der Waals surface area contributed by atoms with Crippen LogP contribution in [0, 0.1) is 0 Å². The lowest BCUT2D eigenvalue weighted by Gasteiger charge is -2.12. The van der Waals surface area contributed by atoms with Gasteiger partial charge in [-0.05, 0) is 19.4 Å². The van der Waals surface area contributed by atoms with Crippen LogP contribution in [-0.2, 0) is 6.54 Å². The highest BCUT2D eigenvalue weighted by Crippen LogP contribution is 2.18. The number of benzene rings is 1. The maximum absolute atomic E-state index is 5.65. The lowest BCUT2D eigenvalue weighted by molar-refractivity contribution is 0.359. The van der Waals surface area contributed by atoms with Crippen molar-refractivity contribution in [3.05, 3.63) is 42.5 Å². The van der Waals surface area contributed by atoms with E-state index in [0.29, 0.717) is 13.2 Å². The molecule has 1 aromatic rings. The van der Waals surface area contributed by atoms with Crippen molar-refractivity contribution in [3.63, 3.8) is 0 Å². The third-order valence-electron chi connectivity index (χ3n) is 2.90. The molecule has 4 nitrogen and oxygen atoms in total. The molecular formula is C17H27N3O. The summed E-state index contributed by atoms with van der Waals surface area (Å²) in [4.78, 5) is 4.61. The standard InChI is InChI=1S/C17H27N3O/c1-4-7-12-19-17(18-6-3)20-14-15-10-8-9-11-16(15)21-13-5-2/h5,8-11H,2,4,6-7,12-14H2,1,3H3,(H2,18,19,20). The van der Waals surface area contributed by atoms with Crippen molar-refractivity contribution in [2.45, 2.75) is 33.2 Å². The molecule has 0 aliphatic carbocycles. The third-order valence-corrected chi connectivity index (χ3v) is 2.90. The number of hydrogen-bond donors (Lipinski definition) is 2. The first kappa shape index (κ1) is 17.1. The monoisotopic (exact) mass is 289 g/mol. The van der Waals surface area contributed by atoms with Crippen molar-refractivity contribution in [3.8, 4) is 5.75 Å². The Hall–Kier alpha value is -1.97. The summed E-state index contributed by atoms with van der Waals surface area (Å²) < 4.78 is 5.65. The van der Waals surface area contributed by atoms with Gasteiger partial charge in [0.1, 0.15) is 12.4 Å². The molecule has 1 rings (SSSR count). The number of ether oxygens (including phenoxy) is 1. The minimum absolute atomic E-state index is 0.509. The van der Waals surface area contributed by atoms with E-state index >= 15 is 0 Å². The van der Waals surface area contributed by atoms with Gasteiger partial charge in [0, 0.05) is 18.7 Å². The summed E-state index contributed by atoms with van der Waals surface area (Å²) in [5.41, 5.74) is 1.08. The summed E-state index contributed by atoms with van der Waals surface area (Å²) in [7, 11) is 0. The van der Waals surface area contributed by atoms with E-state index in [2.05, 4.69) is 36.1 Å². The van der Waals surface area contributed by atoms with Gasteiger partial charge >= 0.3 is 0 Å². The summed E-state index contributed by atoms with van der Waals surface area (Å²) in [6.07, 6.45) is 4.06. The summed E-state index contributed by atoms with van der Waals surface area (Å²) in [6.45, 7) is 10.8. The Morgan fingerprint density at radius 1 is 1.29 bits per heavy atom. The molecule has 4 heteroatoms. The number of para-hydroxylation sites is 1. The quantitative estimate of drug-likeness (QED) is 0.318. The minimum Gasteiger partial charge on any atom is -0.489 e.